The van der Waals surface area contributed by atoms with Crippen LogP contribution in [-0.2, 0) is 14.3 Å². The number of piperidine rings is 1. The van der Waals surface area contributed by atoms with Gasteiger partial charge in [-0.15, -0.1) is 11.3 Å². The number of rotatable bonds is 5. The zero-order chi connectivity index (χ0) is 21.0. The number of carbonyl (C=O) groups is 3. The minimum Gasteiger partial charge on any atom is -0.452 e. The first-order chi connectivity index (χ1) is 13.9. The van der Waals surface area contributed by atoms with E-state index in [4.69, 9.17) is 4.74 Å². The second-order valence-electron chi connectivity index (χ2n) is 6.73. The van der Waals surface area contributed by atoms with Crippen LogP contribution in [0.1, 0.15) is 29.4 Å². The molecule has 3 rings (SSSR count). The summed E-state index contributed by atoms with van der Waals surface area (Å²) >= 11 is 1.33. The van der Waals surface area contributed by atoms with Gasteiger partial charge < -0.3 is 15.0 Å². The predicted molar refractivity (Wildman–Crippen MR) is 103 cm³/mol. The Balaban J connectivity index is 1.57. The second-order valence-corrected chi connectivity index (χ2v) is 7.68. The molecule has 1 aliphatic heterocycles. The molecule has 29 heavy (non-hydrogen) atoms. The van der Waals surface area contributed by atoms with E-state index in [9.17, 15) is 23.2 Å². The third kappa shape index (κ3) is 4.97. The highest BCUT2D eigenvalue weighted by Gasteiger charge is 2.32. The Morgan fingerprint density at radius 3 is 2.59 bits per heavy atom. The van der Waals surface area contributed by atoms with Gasteiger partial charge in [0.15, 0.2) is 6.10 Å². The molecule has 0 radical (unpaired) electrons. The standard InChI is InChI=1S/C20H20F2N2O4S/c1-12(18(25)23-17-14(21)6-2-7-15(17)22)28-20(27)13-5-3-9-24(11-13)19(26)16-8-4-10-29-16/h2,4,6-8,10,12-13H,3,5,9,11H2,1H3,(H,23,25). The van der Waals surface area contributed by atoms with Gasteiger partial charge in [-0.2, -0.15) is 0 Å². The van der Waals surface area contributed by atoms with E-state index < -0.39 is 41.2 Å². The molecular formula is C20H20F2N2O4S. The predicted octanol–water partition coefficient (Wildman–Crippen LogP) is 3.45. The SMILES string of the molecule is CC(OC(=O)C1CCCN(C(=O)c2cccs2)C1)C(=O)Nc1c(F)cccc1F. The molecular weight excluding hydrogens is 402 g/mol. The van der Waals surface area contributed by atoms with Crippen LogP contribution in [0.15, 0.2) is 35.7 Å². The van der Waals surface area contributed by atoms with Crippen LogP contribution in [-0.4, -0.2) is 41.9 Å². The molecule has 2 amide bonds. The van der Waals surface area contributed by atoms with Crippen LogP contribution in [0.4, 0.5) is 14.5 Å². The summed E-state index contributed by atoms with van der Waals surface area (Å²) in [5, 5.41) is 3.91. The van der Waals surface area contributed by atoms with E-state index in [1.807, 2.05) is 5.38 Å². The van der Waals surface area contributed by atoms with Crippen molar-refractivity contribution in [1.29, 1.82) is 0 Å². The molecule has 1 fully saturated rings. The molecule has 0 saturated carbocycles. The summed E-state index contributed by atoms with van der Waals surface area (Å²) in [5.41, 5.74) is -0.592. The van der Waals surface area contributed by atoms with Crippen molar-refractivity contribution in [2.75, 3.05) is 18.4 Å². The Labute approximate surface area is 170 Å². The lowest BCUT2D eigenvalue weighted by atomic mass is 9.98. The molecule has 1 N–H and O–H groups in total. The number of hydrogen-bond acceptors (Lipinski definition) is 5. The Bertz CT molecular complexity index is 884. The van der Waals surface area contributed by atoms with Gasteiger partial charge in [0.1, 0.15) is 17.3 Å². The minimum absolute atomic E-state index is 0.140. The van der Waals surface area contributed by atoms with Crippen LogP contribution in [0.3, 0.4) is 0 Å². The number of nitrogens with one attached hydrogen (secondary N) is 1. The molecule has 6 nitrogen and oxygen atoms in total. The fraction of sp³-hybridized carbons (Fsp3) is 0.350. The Morgan fingerprint density at radius 2 is 1.93 bits per heavy atom. The molecule has 1 aromatic carbocycles. The average molecular weight is 422 g/mol. The van der Waals surface area contributed by atoms with Gasteiger partial charge in [-0.25, -0.2) is 8.78 Å². The Hall–Kier alpha value is -2.81. The zero-order valence-electron chi connectivity index (χ0n) is 15.7. The van der Waals surface area contributed by atoms with Crippen molar-refractivity contribution in [3.63, 3.8) is 0 Å². The van der Waals surface area contributed by atoms with Crippen LogP contribution in [0, 0.1) is 17.6 Å². The van der Waals surface area contributed by atoms with Crippen LogP contribution in [0.25, 0.3) is 0 Å². The third-order valence-electron chi connectivity index (χ3n) is 4.65. The summed E-state index contributed by atoms with van der Waals surface area (Å²) in [6.07, 6.45) is -0.0776. The number of nitrogens with zero attached hydrogens (tertiary/aromatic N) is 1. The van der Waals surface area contributed by atoms with Gasteiger partial charge in [0.25, 0.3) is 11.8 Å². The fourth-order valence-electron chi connectivity index (χ4n) is 3.08. The molecule has 2 unspecified atom stereocenters. The van der Waals surface area contributed by atoms with Crippen molar-refractivity contribution in [2.24, 2.45) is 5.92 Å². The molecule has 2 aromatic rings. The van der Waals surface area contributed by atoms with Gasteiger partial charge in [0.2, 0.25) is 0 Å². The number of hydrogen-bond donors (Lipinski definition) is 1. The smallest absolute Gasteiger partial charge is 0.311 e. The van der Waals surface area contributed by atoms with Crippen molar-refractivity contribution < 1.29 is 27.9 Å². The molecule has 0 spiro atoms. The number of esters is 1. The summed E-state index contributed by atoms with van der Waals surface area (Å²) in [4.78, 5) is 39.3. The largest absolute Gasteiger partial charge is 0.452 e. The van der Waals surface area contributed by atoms with E-state index in [1.165, 1.54) is 24.3 Å². The van der Waals surface area contributed by atoms with E-state index in [2.05, 4.69) is 5.32 Å². The molecule has 1 saturated heterocycles. The lowest BCUT2D eigenvalue weighted by Gasteiger charge is -2.31. The highest BCUT2D eigenvalue weighted by atomic mass is 32.1. The average Bonchev–Trinajstić information content (AvgIpc) is 3.25. The Morgan fingerprint density at radius 1 is 1.21 bits per heavy atom. The topological polar surface area (TPSA) is 75.7 Å². The quantitative estimate of drug-likeness (QED) is 0.749. The van der Waals surface area contributed by atoms with Gasteiger partial charge in [-0.05, 0) is 43.3 Å². The summed E-state index contributed by atoms with van der Waals surface area (Å²) in [6, 6.07) is 6.71. The lowest BCUT2D eigenvalue weighted by Crippen LogP contribution is -2.43. The number of benzene rings is 1. The first-order valence-corrected chi connectivity index (χ1v) is 10.0. The van der Waals surface area contributed by atoms with Gasteiger partial charge in [-0.1, -0.05) is 12.1 Å². The maximum atomic E-state index is 13.7. The van der Waals surface area contributed by atoms with Crippen LogP contribution >= 0.6 is 11.3 Å². The molecule has 1 aliphatic rings. The van der Waals surface area contributed by atoms with Crippen LogP contribution in [0.5, 0.6) is 0 Å². The first-order valence-electron chi connectivity index (χ1n) is 9.15. The van der Waals surface area contributed by atoms with E-state index in [0.717, 1.165) is 12.1 Å². The number of ether oxygens (including phenoxy) is 1. The van der Waals surface area contributed by atoms with E-state index >= 15 is 0 Å². The third-order valence-corrected chi connectivity index (χ3v) is 5.50. The molecule has 0 bridgehead atoms. The van der Waals surface area contributed by atoms with Crippen molar-refractivity contribution in [2.45, 2.75) is 25.9 Å². The van der Waals surface area contributed by atoms with E-state index in [-0.39, 0.29) is 12.5 Å². The van der Waals surface area contributed by atoms with Gasteiger partial charge in [0.05, 0.1) is 10.8 Å². The van der Waals surface area contributed by atoms with Crippen molar-refractivity contribution in [3.8, 4) is 0 Å². The number of likely N-dealkylation sites (tertiary alicyclic amines) is 1. The minimum atomic E-state index is -1.25. The zero-order valence-corrected chi connectivity index (χ0v) is 16.5. The summed E-state index contributed by atoms with van der Waals surface area (Å²) in [6.45, 7) is 2.07. The maximum absolute atomic E-state index is 13.7. The van der Waals surface area contributed by atoms with Crippen LogP contribution in [0.2, 0.25) is 0 Å². The normalized spacial score (nSPS) is 17.5. The fourth-order valence-corrected chi connectivity index (χ4v) is 3.77. The van der Waals surface area contributed by atoms with Crippen molar-refractivity contribution in [1.82, 2.24) is 4.90 Å². The molecule has 2 atom stereocenters. The number of carbonyl (C=O) groups excluding carboxylic acids is 3. The molecule has 2 heterocycles. The Kier molecular flexibility index (Phi) is 6.58. The summed E-state index contributed by atoms with van der Waals surface area (Å²) < 4.78 is 32.5. The highest BCUT2D eigenvalue weighted by Crippen LogP contribution is 2.23. The molecule has 1 aromatic heterocycles. The number of thiophene rings is 1. The summed E-state index contributed by atoms with van der Waals surface area (Å²) in [7, 11) is 0. The van der Waals surface area contributed by atoms with Crippen molar-refractivity contribution in [3.05, 3.63) is 52.2 Å². The first kappa shape index (κ1) is 20.9. The van der Waals surface area contributed by atoms with E-state index in [0.29, 0.717) is 24.3 Å². The second kappa shape index (κ2) is 9.13. The van der Waals surface area contributed by atoms with Crippen molar-refractivity contribution >= 4 is 34.8 Å². The number of anilines is 1. The number of amides is 2. The van der Waals surface area contributed by atoms with Gasteiger partial charge >= 0.3 is 5.97 Å². The van der Waals surface area contributed by atoms with Crippen LogP contribution < -0.4 is 5.32 Å². The lowest BCUT2D eigenvalue weighted by molar-refractivity contribution is -0.158. The van der Waals surface area contributed by atoms with E-state index in [1.54, 1.807) is 17.0 Å². The molecule has 9 heteroatoms. The number of para-hydroxylation sites is 1. The summed E-state index contributed by atoms with van der Waals surface area (Å²) in [5.74, 6) is -4.01. The molecule has 154 valence electrons. The van der Waals surface area contributed by atoms with Gasteiger partial charge in [0, 0.05) is 13.1 Å². The monoisotopic (exact) mass is 422 g/mol. The molecule has 0 aliphatic carbocycles. The van der Waals surface area contributed by atoms with Gasteiger partial charge in [-0.3, -0.25) is 14.4 Å². The maximum Gasteiger partial charge on any atom is 0.311 e. The number of halogens is 2. The highest BCUT2D eigenvalue weighted by molar-refractivity contribution is 7.12.